The Labute approximate surface area is 105 Å². The summed E-state index contributed by atoms with van der Waals surface area (Å²) in [6.07, 6.45) is 1.50. The predicted molar refractivity (Wildman–Crippen MR) is 70.7 cm³/mol. The van der Waals surface area contributed by atoms with Gasteiger partial charge < -0.3 is 0 Å². The molecule has 79 valence electrons. The van der Waals surface area contributed by atoms with Gasteiger partial charge in [-0.3, -0.25) is 0 Å². The number of halogens is 2. The standard InChI is InChI=1S/C14H9Cl2/c1-2-10-9-12(5-8-14(10)16)11-3-6-13(15)7-4-11/h1-9H. The molecule has 0 spiro atoms. The molecule has 0 saturated carbocycles. The minimum atomic E-state index is 0.653. The zero-order valence-electron chi connectivity index (χ0n) is 8.45. The van der Waals surface area contributed by atoms with Crippen molar-refractivity contribution < 1.29 is 0 Å². The number of rotatable bonds is 2. The van der Waals surface area contributed by atoms with E-state index in [2.05, 4.69) is 0 Å². The van der Waals surface area contributed by atoms with Crippen LogP contribution >= 0.6 is 23.2 Å². The Balaban J connectivity index is 2.48. The molecule has 0 heterocycles. The first kappa shape index (κ1) is 11.3. The van der Waals surface area contributed by atoms with Crippen LogP contribution in [0.3, 0.4) is 0 Å². The highest BCUT2D eigenvalue weighted by Gasteiger charge is 2.01. The van der Waals surface area contributed by atoms with Gasteiger partial charge in [0.25, 0.3) is 0 Å². The molecule has 0 unspecified atom stereocenters. The van der Waals surface area contributed by atoms with Crippen molar-refractivity contribution in [2.45, 2.75) is 0 Å². The van der Waals surface area contributed by atoms with E-state index in [0.29, 0.717) is 5.02 Å². The van der Waals surface area contributed by atoms with Gasteiger partial charge in [0.2, 0.25) is 0 Å². The van der Waals surface area contributed by atoms with E-state index in [1.807, 2.05) is 42.5 Å². The van der Waals surface area contributed by atoms with E-state index in [9.17, 15) is 0 Å². The van der Waals surface area contributed by atoms with Gasteiger partial charge in [0.05, 0.1) is 0 Å². The Hall–Kier alpha value is -1.24. The van der Waals surface area contributed by atoms with Gasteiger partial charge in [-0.2, -0.15) is 0 Å². The van der Waals surface area contributed by atoms with Crippen LogP contribution in [0.2, 0.25) is 10.0 Å². The van der Waals surface area contributed by atoms with Crippen molar-refractivity contribution in [2.75, 3.05) is 0 Å². The van der Waals surface area contributed by atoms with E-state index in [0.717, 1.165) is 21.7 Å². The highest BCUT2D eigenvalue weighted by Crippen LogP contribution is 2.26. The van der Waals surface area contributed by atoms with E-state index >= 15 is 0 Å². The zero-order valence-corrected chi connectivity index (χ0v) is 9.96. The largest absolute Gasteiger partial charge is 0.0843 e. The molecule has 0 nitrogen and oxygen atoms in total. The molecular formula is C14H9Cl2. The number of hydrogen-bond acceptors (Lipinski definition) is 0. The monoisotopic (exact) mass is 247 g/mol. The van der Waals surface area contributed by atoms with Gasteiger partial charge in [0.1, 0.15) is 0 Å². The van der Waals surface area contributed by atoms with Crippen molar-refractivity contribution in [3.8, 4) is 11.1 Å². The molecule has 0 aromatic heterocycles. The molecule has 0 fully saturated rings. The van der Waals surface area contributed by atoms with Gasteiger partial charge in [-0.25, -0.2) is 0 Å². The van der Waals surface area contributed by atoms with Crippen LogP contribution in [0.4, 0.5) is 0 Å². The normalized spacial score (nSPS) is 10.1. The second kappa shape index (κ2) is 4.73. The van der Waals surface area contributed by atoms with Crippen molar-refractivity contribution in [1.82, 2.24) is 0 Å². The minimum absolute atomic E-state index is 0.653. The summed E-state index contributed by atoms with van der Waals surface area (Å²) < 4.78 is 0. The molecular weight excluding hydrogens is 239 g/mol. The fourth-order valence-electron chi connectivity index (χ4n) is 1.49. The van der Waals surface area contributed by atoms with Gasteiger partial charge >= 0.3 is 0 Å². The van der Waals surface area contributed by atoms with Crippen LogP contribution in [-0.4, -0.2) is 0 Å². The third-order valence-corrected chi connectivity index (χ3v) is 2.95. The minimum Gasteiger partial charge on any atom is -0.0843 e. The summed E-state index contributed by atoms with van der Waals surface area (Å²) in [6, 6.07) is 13.4. The molecule has 0 N–H and O–H groups in total. The van der Waals surface area contributed by atoms with E-state index in [-0.39, 0.29) is 0 Å². The Morgan fingerprint density at radius 1 is 0.875 bits per heavy atom. The first-order valence-corrected chi connectivity index (χ1v) is 5.57. The molecule has 2 aromatic rings. The van der Waals surface area contributed by atoms with Gasteiger partial charge in [-0.15, -0.1) is 0 Å². The Morgan fingerprint density at radius 2 is 1.50 bits per heavy atom. The first-order valence-electron chi connectivity index (χ1n) is 4.81. The van der Waals surface area contributed by atoms with Crippen LogP contribution in [0.1, 0.15) is 5.56 Å². The van der Waals surface area contributed by atoms with Gasteiger partial charge in [-0.1, -0.05) is 54.1 Å². The maximum absolute atomic E-state index is 5.98. The van der Waals surface area contributed by atoms with E-state index in [4.69, 9.17) is 29.8 Å². The molecule has 16 heavy (non-hydrogen) atoms. The van der Waals surface area contributed by atoms with Crippen LogP contribution in [0, 0.1) is 6.58 Å². The average molecular weight is 248 g/mol. The molecule has 2 heteroatoms. The lowest BCUT2D eigenvalue weighted by atomic mass is 10.0. The summed E-state index contributed by atoms with van der Waals surface area (Å²) in [7, 11) is 0. The Bertz CT molecular complexity index is 513. The molecule has 0 bridgehead atoms. The lowest BCUT2D eigenvalue weighted by Crippen LogP contribution is -1.80. The summed E-state index contributed by atoms with van der Waals surface area (Å²) in [5.41, 5.74) is 2.98. The first-order chi connectivity index (χ1) is 7.70. The molecule has 0 saturated heterocycles. The van der Waals surface area contributed by atoms with Crippen LogP contribution in [-0.2, 0) is 0 Å². The third-order valence-electron chi connectivity index (χ3n) is 2.35. The van der Waals surface area contributed by atoms with Crippen molar-refractivity contribution in [3.05, 3.63) is 64.7 Å². The summed E-state index contributed by atoms with van der Waals surface area (Å²) in [6.45, 7) is 5.49. The third kappa shape index (κ3) is 2.29. The molecule has 2 rings (SSSR count). The molecule has 0 aliphatic heterocycles. The van der Waals surface area contributed by atoms with Crippen molar-refractivity contribution >= 4 is 29.3 Å². The maximum Gasteiger partial charge on any atom is 0.0478 e. The summed E-state index contributed by atoms with van der Waals surface area (Å²) in [5, 5.41) is 1.38. The summed E-state index contributed by atoms with van der Waals surface area (Å²) in [4.78, 5) is 0. The average Bonchev–Trinajstić information content (AvgIpc) is 2.31. The van der Waals surface area contributed by atoms with E-state index in [1.165, 1.54) is 6.08 Å². The fourth-order valence-corrected chi connectivity index (χ4v) is 1.80. The van der Waals surface area contributed by atoms with Crippen LogP contribution < -0.4 is 0 Å². The van der Waals surface area contributed by atoms with Crippen LogP contribution in [0.25, 0.3) is 17.2 Å². The lowest BCUT2D eigenvalue weighted by molar-refractivity contribution is 1.60. The Kier molecular flexibility index (Phi) is 3.33. The fraction of sp³-hybridized carbons (Fsp3) is 0. The predicted octanol–water partition coefficient (Wildman–Crippen LogP) is 5.11. The lowest BCUT2D eigenvalue weighted by Gasteiger charge is -2.04. The Morgan fingerprint density at radius 3 is 2.12 bits per heavy atom. The molecule has 2 aromatic carbocycles. The van der Waals surface area contributed by atoms with Crippen LogP contribution in [0.15, 0.2) is 42.5 Å². The quantitative estimate of drug-likeness (QED) is 0.693. The van der Waals surface area contributed by atoms with E-state index in [1.54, 1.807) is 0 Å². The summed E-state index contributed by atoms with van der Waals surface area (Å²) >= 11 is 11.8. The topological polar surface area (TPSA) is 0 Å². The zero-order chi connectivity index (χ0) is 11.5. The second-order valence-electron chi connectivity index (χ2n) is 3.41. The second-order valence-corrected chi connectivity index (χ2v) is 4.25. The van der Waals surface area contributed by atoms with Crippen LogP contribution in [0.5, 0.6) is 0 Å². The smallest absolute Gasteiger partial charge is 0.0478 e. The van der Waals surface area contributed by atoms with Gasteiger partial charge in [-0.05, 0) is 41.0 Å². The maximum atomic E-state index is 5.98. The highest BCUT2D eigenvalue weighted by molar-refractivity contribution is 6.32. The van der Waals surface area contributed by atoms with Gasteiger partial charge in [0, 0.05) is 10.0 Å². The molecule has 1 radical (unpaired) electrons. The molecule has 0 atom stereocenters. The van der Waals surface area contributed by atoms with E-state index < -0.39 is 0 Å². The number of hydrogen-bond donors (Lipinski definition) is 0. The summed E-state index contributed by atoms with van der Waals surface area (Å²) in [5.74, 6) is 0. The molecule has 0 aliphatic carbocycles. The molecule has 0 amide bonds. The number of benzene rings is 2. The van der Waals surface area contributed by atoms with Crippen molar-refractivity contribution in [1.29, 1.82) is 0 Å². The van der Waals surface area contributed by atoms with Crippen molar-refractivity contribution in [3.63, 3.8) is 0 Å². The molecule has 0 aliphatic rings. The van der Waals surface area contributed by atoms with Gasteiger partial charge in [0.15, 0.2) is 0 Å². The highest BCUT2D eigenvalue weighted by atomic mass is 35.5. The SMILES string of the molecule is [CH]=Cc1cc(-c2ccc(Cl)cc2)ccc1Cl. The van der Waals surface area contributed by atoms with Crippen molar-refractivity contribution in [2.24, 2.45) is 0 Å².